The van der Waals surface area contributed by atoms with E-state index in [-0.39, 0.29) is 6.03 Å². The molecule has 1 rings (SSSR count). The molecule has 2 amide bonds. The zero-order valence-corrected chi connectivity index (χ0v) is 10.0. The highest BCUT2D eigenvalue weighted by molar-refractivity contribution is 5.73. The summed E-state index contributed by atoms with van der Waals surface area (Å²) in [6.07, 6.45) is 2.27. The van der Waals surface area contributed by atoms with Crippen LogP contribution in [0.15, 0.2) is 0 Å². The van der Waals surface area contributed by atoms with E-state index < -0.39 is 0 Å². The Morgan fingerprint density at radius 3 is 2.87 bits per heavy atom. The van der Waals surface area contributed by atoms with E-state index in [1.807, 2.05) is 11.8 Å². The summed E-state index contributed by atoms with van der Waals surface area (Å²) in [7, 11) is 3.60. The van der Waals surface area contributed by atoms with Crippen molar-refractivity contribution in [2.24, 2.45) is 5.92 Å². The van der Waals surface area contributed by atoms with E-state index in [1.165, 1.54) is 6.42 Å². The number of piperidine rings is 1. The van der Waals surface area contributed by atoms with Crippen LogP contribution in [-0.2, 0) is 4.74 Å². The average Bonchev–Trinajstić information content (AvgIpc) is 2.25. The molecule has 1 aliphatic rings. The van der Waals surface area contributed by atoms with Gasteiger partial charge in [0.05, 0.1) is 6.61 Å². The summed E-state index contributed by atoms with van der Waals surface area (Å²) in [4.78, 5) is 15.3. The van der Waals surface area contributed by atoms with Crippen LogP contribution in [0.4, 0.5) is 4.79 Å². The Hall–Kier alpha value is -0.770. The van der Waals surface area contributed by atoms with Crippen molar-refractivity contribution in [3.05, 3.63) is 0 Å². The molecule has 1 atom stereocenters. The minimum Gasteiger partial charge on any atom is -0.381 e. The predicted molar refractivity (Wildman–Crippen MR) is 59.9 cm³/mol. The molecule has 0 aromatic rings. The maximum absolute atomic E-state index is 11.7. The second kappa shape index (κ2) is 5.95. The number of nitrogens with zero attached hydrogens (tertiary/aromatic N) is 2. The summed E-state index contributed by atoms with van der Waals surface area (Å²) < 4.78 is 5.41. The van der Waals surface area contributed by atoms with Gasteiger partial charge in [0.1, 0.15) is 0 Å². The van der Waals surface area contributed by atoms with Gasteiger partial charge in [0.2, 0.25) is 0 Å². The summed E-state index contributed by atoms with van der Waals surface area (Å²) in [5, 5.41) is 0. The lowest BCUT2D eigenvalue weighted by molar-refractivity contribution is 0.0711. The van der Waals surface area contributed by atoms with Gasteiger partial charge in [0.25, 0.3) is 0 Å². The molecular formula is C11H22N2O2. The summed E-state index contributed by atoms with van der Waals surface area (Å²) in [5.74, 6) is 0.516. The van der Waals surface area contributed by atoms with E-state index in [9.17, 15) is 4.79 Å². The molecule has 1 heterocycles. The highest BCUT2D eigenvalue weighted by atomic mass is 16.5. The summed E-state index contributed by atoms with van der Waals surface area (Å²) in [5.41, 5.74) is 0. The number of carbonyl (C=O) groups is 1. The fourth-order valence-corrected chi connectivity index (χ4v) is 1.94. The fraction of sp³-hybridized carbons (Fsp3) is 0.909. The lowest BCUT2D eigenvalue weighted by atomic mass is 9.99. The summed E-state index contributed by atoms with van der Waals surface area (Å²) in [6, 6.07) is 0.121. The molecule has 1 unspecified atom stereocenters. The third-order valence-corrected chi connectivity index (χ3v) is 2.73. The van der Waals surface area contributed by atoms with Crippen molar-refractivity contribution in [3.63, 3.8) is 0 Å². The lowest BCUT2D eigenvalue weighted by Crippen LogP contribution is -2.45. The van der Waals surface area contributed by atoms with Crippen molar-refractivity contribution in [2.75, 3.05) is 40.4 Å². The molecular weight excluding hydrogens is 192 g/mol. The monoisotopic (exact) mass is 214 g/mol. The second-order valence-corrected chi connectivity index (χ2v) is 4.29. The van der Waals surface area contributed by atoms with E-state index >= 15 is 0 Å². The van der Waals surface area contributed by atoms with Crippen LogP contribution in [0.3, 0.4) is 0 Å². The van der Waals surface area contributed by atoms with Crippen molar-refractivity contribution in [2.45, 2.75) is 19.8 Å². The number of hydrogen-bond acceptors (Lipinski definition) is 2. The van der Waals surface area contributed by atoms with Gasteiger partial charge in [-0.25, -0.2) is 4.79 Å². The van der Waals surface area contributed by atoms with Crippen LogP contribution in [0, 0.1) is 5.92 Å². The third kappa shape index (κ3) is 3.70. The predicted octanol–water partition coefficient (Wildman–Crippen LogP) is 1.42. The van der Waals surface area contributed by atoms with Crippen molar-refractivity contribution in [3.8, 4) is 0 Å². The molecule has 0 aromatic carbocycles. The Bertz CT molecular complexity index is 207. The Morgan fingerprint density at radius 1 is 1.53 bits per heavy atom. The first kappa shape index (κ1) is 12.3. The zero-order chi connectivity index (χ0) is 11.3. The van der Waals surface area contributed by atoms with Crippen LogP contribution in [0.25, 0.3) is 0 Å². The first-order valence-electron chi connectivity index (χ1n) is 5.69. The van der Waals surface area contributed by atoms with E-state index in [2.05, 4.69) is 0 Å². The standard InChI is InChI=1S/C11H22N2O2/c1-4-15-9-10-6-5-7-13(8-10)11(14)12(2)3/h10H,4-9H2,1-3H3. The Kier molecular flexibility index (Phi) is 4.88. The highest BCUT2D eigenvalue weighted by Gasteiger charge is 2.24. The van der Waals surface area contributed by atoms with Crippen LogP contribution in [-0.4, -0.2) is 56.2 Å². The SMILES string of the molecule is CCOCC1CCCN(C(=O)N(C)C)C1. The largest absolute Gasteiger partial charge is 0.381 e. The number of ether oxygens (including phenoxy) is 1. The van der Waals surface area contributed by atoms with Gasteiger partial charge in [-0.15, -0.1) is 0 Å². The van der Waals surface area contributed by atoms with Gasteiger partial charge in [0.15, 0.2) is 0 Å². The molecule has 4 nitrogen and oxygen atoms in total. The molecule has 0 bridgehead atoms. The smallest absolute Gasteiger partial charge is 0.319 e. The molecule has 0 aromatic heterocycles. The van der Waals surface area contributed by atoms with Gasteiger partial charge in [-0.3, -0.25) is 0 Å². The number of amides is 2. The average molecular weight is 214 g/mol. The molecule has 0 spiro atoms. The van der Waals surface area contributed by atoms with Crippen molar-refractivity contribution >= 4 is 6.03 Å². The molecule has 1 aliphatic heterocycles. The molecule has 0 aliphatic carbocycles. The van der Waals surface area contributed by atoms with Crippen LogP contribution in [0.2, 0.25) is 0 Å². The second-order valence-electron chi connectivity index (χ2n) is 4.29. The van der Waals surface area contributed by atoms with Crippen LogP contribution >= 0.6 is 0 Å². The summed E-state index contributed by atoms with van der Waals surface area (Å²) in [6.45, 7) is 5.29. The van der Waals surface area contributed by atoms with E-state index in [0.717, 1.165) is 32.7 Å². The zero-order valence-electron chi connectivity index (χ0n) is 10.0. The third-order valence-electron chi connectivity index (χ3n) is 2.73. The van der Waals surface area contributed by atoms with Crippen LogP contribution in [0.1, 0.15) is 19.8 Å². The normalized spacial score (nSPS) is 21.5. The fourth-order valence-electron chi connectivity index (χ4n) is 1.94. The lowest BCUT2D eigenvalue weighted by Gasteiger charge is -2.34. The quantitative estimate of drug-likeness (QED) is 0.711. The number of likely N-dealkylation sites (tertiary alicyclic amines) is 1. The van der Waals surface area contributed by atoms with E-state index in [1.54, 1.807) is 19.0 Å². The molecule has 0 N–H and O–H groups in total. The van der Waals surface area contributed by atoms with Crippen LogP contribution < -0.4 is 0 Å². The minimum absolute atomic E-state index is 0.121. The molecule has 88 valence electrons. The number of carbonyl (C=O) groups excluding carboxylic acids is 1. The molecule has 15 heavy (non-hydrogen) atoms. The Balaban J connectivity index is 2.38. The van der Waals surface area contributed by atoms with E-state index in [4.69, 9.17) is 4.74 Å². The molecule has 1 fully saturated rings. The molecule has 1 saturated heterocycles. The topological polar surface area (TPSA) is 32.8 Å². The number of rotatable bonds is 3. The maximum atomic E-state index is 11.7. The van der Waals surface area contributed by atoms with Crippen molar-refractivity contribution in [1.82, 2.24) is 9.80 Å². The Morgan fingerprint density at radius 2 is 2.27 bits per heavy atom. The highest BCUT2D eigenvalue weighted by Crippen LogP contribution is 2.17. The molecule has 0 saturated carbocycles. The van der Waals surface area contributed by atoms with E-state index in [0.29, 0.717) is 5.92 Å². The van der Waals surface area contributed by atoms with Gasteiger partial charge in [0, 0.05) is 39.7 Å². The van der Waals surface area contributed by atoms with Gasteiger partial charge in [-0.1, -0.05) is 0 Å². The van der Waals surface area contributed by atoms with Gasteiger partial charge in [-0.2, -0.15) is 0 Å². The van der Waals surface area contributed by atoms with Crippen molar-refractivity contribution < 1.29 is 9.53 Å². The first-order valence-corrected chi connectivity index (χ1v) is 5.69. The molecule has 4 heteroatoms. The number of urea groups is 1. The maximum Gasteiger partial charge on any atom is 0.319 e. The van der Waals surface area contributed by atoms with Gasteiger partial charge >= 0.3 is 6.03 Å². The Labute approximate surface area is 92.2 Å². The first-order chi connectivity index (χ1) is 7.15. The summed E-state index contributed by atoms with van der Waals surface area (Å²) >= 11 is 0. The van der Waals surface area contributed by atoms with Gasteiger partial charge < -0.3 is 14.5 Å². The molecule has 0 radical (unpaired) electrons. The van der Waals surface area contributed by atoms with Crippen molar-refractivity contribution in [1.29, 1.82) is 0 Å². The minimum atomic E-state index is 0.121. The number of hydrogen-bond donors (Lipinski definition) is 0. The van der Waals surface area contributed by atoms with Gasteiger partial charge in [-0.05, 0) is 19.8 Å². The van der Waals surface area contributed by atoms with Crippen LogP contribution in [0.5, 0.6) is 0 Å².